The number of aromatic carboxylic acids is 1. The molecule has 1 aromatic heterocycles. The molecule has 2 N–H and O–H groups in total. The molecule has 0 aliphatic heterocycles. The molecule has 0 bridgehead atoms. The molecule has 1 rings (SSSR count). The first-order chi connectivity index (χ1) is 9.77. The van der Waals surface area contributed by atoms with E-state index in [-0.39, 0.29) is 18.8 Å². The van der Waals surface area contributed by atoms with Gasteiger partial charge in [0.25, 0.3) is 0 Å². The Morgan fingerprint density at radius 1 is 1.38 bits per heavy atom. The number of carboxylic acid groups (broad SMARTS) is 1. The third kappa shape index (κ3) is 5.07. The zero-order valence-electron chi connectivity index (χ0n) is 12.9. The normalized spacial score (nSPS) is 13.4. The molecule has 0 saturated carbocycles. The Balaban J connectivity index is 2.77. The van der Waals surface area contributed by atoms with Gasteiger partial charge < -0.3 is 19.7 Å². The Bertz CT molecular complexity index is 467. The molecule has 0 radical (unpaired) electrons. The van der Waals surface area contributed by atoms with Crippen molar-refractivity contribution in [1.29, 1.82) is 0 Å². The van der Waals surface area contributed by atoms with Gasteiger partial charge in [-0.05, 0) is 0 Å². The summed E-state index contributed by atoms with van der Waals surface area (Å²) in [5.41, 5.74) is -0.0608. The SMILES string of the molecule is COCCOCC(O)Cn1nnc(C(=O)O)c1C(C)(C)C. The van der Waals surface area contributed by atoms with Gasteiger partial charge in [-0.25, -0.2) is 9.48 Å². The quantitative estimate of drug-likeness (QED) is 0.665. The van der Waals surface area contributed by atoms with Gasteiger partial charge in [-0.1, -0.05) is 26.0 Å². The molecule has 21 heavy (non-hydrogen) atoms. The van der Waals surface area contributed by atoms with E-state index in [9.17, 15) is 9.90 Å². The monoisotopic (exact) mass is 301 g/mol. The summed E-state index contributed by atoms with van der Waals surface area (Å²) >= 11 is 0. The van der Waals surface area contributed by atoms with Crippen LogP contribution in [0.25, 0.3) is 0 Å². The average Bonchev–Trinajstić information content (AvgIpc) is 2.78. The topological polar surface area (TPSA) is 107 Å². The fraction of sp³-hybridized carbons (Fsp3) is 0.769. The van der Waals surface area contributed by atoms with Crippen molar-refractivity contribution in [2.45, 2.75) is 38.8 Å². The molecule has 1 atom stereocenters. The van der Waals surface area contributed by atoms with E-state index in [1.807, 2.05) is 20.8 Å². The Morgan fingerprint density at radius 3 is 2.57 bits per heavy atom. The molecule has 1 unspecified atom stereocenters. The molecule has 1 heterocycles. The number of aromatic nitrogens is 3. The van der Waals surface area contributed by atoms with Crippen molar-refractivity contribution in [3.05, 3.63) is 11.4 Å². The number of hydrogen-bond acceptors (Lipinski definition) is 6. The molecular formula is C13H23N3O5. The van der Waals surface area contributed by atoms with Crippen LogP contribution in [0.15, 0.2) is 0 Å². The maximum atomic E-state index is 11.2. The molecule has 0 aliphatic carbocycles. The summed E-state index contributed by atoms with van der Waals surface area (Å²) in [6, 6.07) is 0. The van der Waals surface area contributed by atoms with E-state index in [1.165, 1.54) is 4.68 Å². The second-order valence-electron chi connectivity index (χ2n) is 5.75. The molecule has 8 nitrogen and oxygen atoms in total. The van der Waals surface area contributed by atoms with Gasteiger partial charge >= 0.3 is 5.97 Å². The van der Waals surface area contributed by atoms with Crippen LogP contribution in [0, 0.1) is 0 Å². The van der Waals surface area contributed by atoms with Gasteiger partial charge in [-0.2, -0.15) is 0 Å². The van der Waals surface area contributed by atoms with E-state index in [4.69, 9.17) is 14.6 Å². The van der Waals surface area contributed by atoms with Gasteiger partial charge in [-0.3, -0.25) is 0 Å². The maximum absolute atomic E-state index is 11.2. The van der Waals surface area contributed by atoms with E-state index in [0.29, 0.717) is 18.9 Å². The number of aliphatic hydroxyl groups excluding tert-OH is 1. The zero-order valence-corrected chi connectivity index (χ0v) is 12.9. The summed E-state index contributed by atoms with van der Waals surface area (Å²) in [6.45, 7) is 6.70. The highest BCUT2D eigenvalue weighted by Crippen LogP contribution is 2.24. The summed E-state index contributed by atoms with van der Waals surface area (Å²) in [6.07, 6.45) is -0.800. The summed E-state index contributed by atoms with van der Waals surface area (Å²) in [5, 5.41) is 26.6. The lowest BCUT2D eigenvalue weighted by molar-refractivity contribution is 0.00522. The molecule has 0 spiro atoms. The lowest BCUT2D eigenvalue weighted by Gasteiger charge is -2.21. The van der Waals surface area contributed by atoms with Crippen molar-refractivity contribution < 1.29 is 24.5 Å². The third-order valence-corrected chi connectivity index (χ3v) is 2.77. The van der Waals surface area contributed by atoms with Crippen molar-refractivity contribution in [1.82, 2.24) is 15.0 Å². The standard InChI is InChI=1S/C13H23N3O5/c1-13(2,3)11-10(12(18)19)14-15-16(11)7-9(17)8-21-6-5-20-4/h9,17H,5-8H2,1-4H3,(H,18,19). The lowest BCUT2D eigenvalue weighted by Crippen LogP contribution is -2.28. The summed E-state index contributed by atoms with van der Waals surface area (Å²) < 4.78 is 11.5. The summed E-state index contributed by atoms with van der Waals surface area (Å²) in [4.78, 5) is 11.2. The van der Waals surface area contributed by atoms with Crippen LogP contribution < -0.4 is 0 Å². The van der Waals surface area contributed by atoms with Crippen molar-refractivity contribution in [2.75, 3.05) is 26.9 Å². The highest BCUT2D eigenvalue weighted by atomic mass is 16.5. The molecule has 0 aromatic carbocycles. The largest absolute Gasteiger partial charge is 0.476 e. The van der Waals surface area contributed by atoms with Gasteiger partial charge in [0.2, 0.25) is 0 Å². The maximum Gasteiger partial charge on any atom is 0.358 e. The molecule has 0 saturated heterocycles. The number of carboxylic acids is 1. The number of methoxy groups -OCH3 is 1. The predicted molar refractivity (Wildman–Crippen MR) is 74.4 cm³/mol. The highest BCUT2D eigenvalue weighted by molar-refractivity contribution is 5.86. The van der Waals surface area contributed by atoms with Crippen molar-refractivity contribution in [3.8, 4) is 0 Å². The molecule has 0 amide bonds. The second kappa shape index (κ2) is 7.48. The van der Waals surface area contributed by atoms with Crippen LogP contribution in [-0.2, 0) is 21.4 Å². The number of hydrogen-bond donors (Lipinski definition) is 2. The number of aliphatic hydroxyl groups is 1. The number of ether oxygens (including phenoxy) is 2. The van der Waals surface area contributed by atoms with Crippen molar-refractivity contribution in [2.24, 2.45) is 0 Å². The zero-order chi connectivity index (χ0) is 16.0. The van der Waals surface area contributed by atoms with Crippen LogP contribution in [0.4, 0.5) is 0 Å². The first kappa shape index (κ1) is 17.5. The third-order valence-electron chi connectivity index (χ3n) is 2.77. The van der Waals surface area contributed by atoms with Crippen LogP contribution in [-0.4, -0.2) is 64.2 Å². The Morgan fingerprint density at radius 2 is 2.05 bits per heavy atom. The van der Waals surface area contributed by atoms with Crippen LogP contribution in [0.5, 0.6) is 0 Å². The smallest absolute Gasteiger partial charge is 0.358 e. The highest BCUT2D eigenvalue weighted by Gasteiger charge is 2.29. The Kier molecular flexibility index (Phi) is 6.25. The first-order valence-electron chi connectivity index (χ1n) is 6.69. The summed E-state index contributed by atoms with van der Waals surface area (Å²) in [5.74, 6) is -1.13. The van der Waals surface area contributed by atoms with Gasteiger partial charge in [-0.15, -0.1) is 5.10 Å². The van der Waals surface area contributed by atoms with Gasteiger partial charge in [0, 0.05) is 12.5 Å². The molecule has 0 fully saturated rings. The lowest BCUT2D eigenvalue weighted by atomic mass is 9.90. The minimum absolute atomic E-state index is 0.0880. The number of rotatable bonds is 8. The van der Waals surface area contributed by atoms with E-state index in [2.05, 4.69) is 10.3 Å². The van der Waals surface area contributed by atoms with Gasteiger partial charge in [0.1, 0.15) is 0 Å². The minimum Gasteiger partial charge on any atom is -0.476 e. The minimum atomic E-state index is -1.13. The average molecular weight is 301 g/mol. The predicted octanol–water partition coefficient (Wildman–Crippen LogP) is 0.298. The van der Waals surface area contributed by atoms with Crippen LogP contribution >= 0.6 is 0 Å². The Labute approximate surface area is 123 Å². The van der Waals surface area contributed by atoms with Gasteiger partial charge in [0.15, 0.2) is 5.69 Å². The molecule has 8 heteroatoms. The first-order valence-corrected chi connectivity index (χ1v) is 6.69. The van der Waals surface area contributed by atoms with Crippen molar-refractivity contribution in [3.63, 3.8) is 0 Å². The summed E-state index contributed by atoms with van der Waals surface area (Å²) in [7, 11) is 1.57. The van der Waals surface area contributed by atoms with Crippen LogP contribution in [0.1, 0.15) is 37.0 Å². The molecule has 1 aromatic rings. The fourth-order valence-electron chi connectivity index (χ4n) is 1.94. The Hall–Kier alpha value is -1.51. The molecule has 120 valence electrons. The fourth-order valence-corrected chi connectivity index (χ4v) is 1.94. The van der Waals surface area contributed by atoms with E-state index in [1.54, 1.807) is 7.11 Å². The van der Waals surface area contributed by atoms with E-state index >= 15 is 0 Å². The van der Waals surface area contributed by atoms with Crippen LogP contribution in [0.2, 0.25) is 0 Å². The second-order valence-corrected chi connectivity index (χ2v) is 5.75. The number of nitrogens with zero attached hydrogens (tertiary/aromatic N) is 3. The van der Waals surface area contributed by atoms with Crippen LogP contribution in [0.3, 0.4) is 0 Å². The van der Waals surface area contributed by atoms with E-state index in [0.717, 1.165) is 0 Å². The van der Waals surface area contributed by atoms with Gasteiger partial charge in [0.05, 0.1) is 38.2 Å². The number of carbonyl (C=O) groups is 1. The molecular weight excluding hydrogens is 278 g/mol. The van der Waals surface area contributed by atoms with Crippen molar-refractivity contribution >= 4 is 5.97 Å². The molecule has 0 aliphatic rings. The van der Waals surface area contributed by atoms with E-state index < -0.39 is 17.5 Å².